The van der Waals surface area contributed by atoms with Crippen LogP contribution >= 0.6 is 0 Å². The lowest BCUT2D eigenvalue weighted by atomic mass is 9.98. The molecule has 0 aliphatic carbocycles. The number of aromatic nitrogens is 3. The molecule has 0 spiro atoms. The van der Waals surface area contributed by atoms with Crippen molar-refractivity contribution >= 4 is 17.4 Å². The van der Waals surface area contributed by atoms with Crippen molar-refractivity contribution in [2.45, 2.75) is 52.0 Å². The van der Waals surface area contributed by atoms with Crippen molar-refractivity contribution in [1.29, 1.82) is 0 Å². The van der Waals surface area contributed by atoms with Crippen molar-refractivity contribution in [3.63, 3.8) is 0 Å². The summed E-state index contributed by atoms with van der Waals surface area (Å²) >= 11 is 0. The van der Waals surface area contributed by atoms with E-state index in [1.807, 2.05) is 23.7 Å². The number of rotatable bonds is 3. The predicted octanol–water partition coefficient (Wildman–Crippen LogP) is 4.45. The van der Waals surface area contributed by atoms with Crippen LogP contribution in [-0.4, -0.2) is 45.0 Å². The van der Waals surface area contributed by atoms with Crippen molar-refractivity contribution < 1.29 is 9.18 Å². The lowest BCUT2D eigenvalue weighted by Gasteiger charge is -2.34. The largest absolute Gasteiger partial charge is 0.356 e. The van der Waals surface area contributed by atoms with E-state index in [1.54, 1.807) is 17.0 Å². The number of anilines is 1. The van der Waals surface area contributed by atoms with Gasteiger partial charge in [0.15, 0.2) is 5.65 Å². The summed E-state index contributed by atoms with van der Waals surface area (Å²) in [5.74, 6) is 0.299. The molecule has 0 radical (unpaired) electrons. The fourth-order valence-corrected chi connectivity index (χ4v) is 4.86. The standard InChI is InChI=1S/C24H28FN5O/c1-16-8-9-18(19(25)13-16)24(31)29-12-4-3-7-21(29)20-14-22-26-23(28-10-5-6-11-28)17(2)15-30(22)27-20/h8-9,13-15,21H,3-7,10-12H2,1-2H3/t21-/m0/s1. The number of benzene rings is 1. The number of fused-ring (bicyclic) bond motifs is 1. The molecule has 7 heteroatoms. The first-order valence-corrected chi connectivity index (χ1v) is 11.2. The van der Waals surface area contributed by atoms with Gasteiger partial charge in [0.1, 0.15) is 11.6 Å². The van der Waals surface area contributed by atoms with Crippen molar-refractivity contribution in [2.24, 2.45) is 0 Å². The number of hydrogen-bond donors (Lipinski definition) is 0. The number of likely N-dealkylation sites (tertiary alicyclic amines) is 1. The molecular formula is C24H28FN5O. The third-order valence-corrected chi connectivity index (χ3v) is 6.49. The van der Waals surface area contributed by atoms with Gasteiger partial charge >= 0.3 is 0 Å². The third kappa shape index (κ3) is 3.66. The Morgan fingerprint density at radius 2 is 1.84 bits per heavy atom. The van der Waals surface area contributed by atoms with Gasteiger partial charge < -0.3 is 9.80 Å². The molecule has 0 unspecified atom stereocenters. The number of carbonyl (C=O) groups excluding carboxylic acids is 1. The molecule has 2 aliphatic rings. The van der Waals surface area contributed by atoms with Gasteiger partial charge in [0, 0.05) is 37.5 Å². The average Bonchev–Trinajstić information content (AvgIpc) is 3.42. The van der Waals surface area contributed by atoms with Gasteiger partial charge in [0.2, 0.25) is 0 Å². The lowest BCUT2D eigenvalue weighted by Crippen LogP contribution is -2.39. The van der Waals surface area contributed by atoms with Gasteiger partial charge in [-0.1, -0.05) is 6.07 Å². The van der Waals surface area contributed by atoms with E-state index in [1.165, 1.54) is 18.9 Å². The summed E-state index contributed by atoms with van der Waals surface area (Å²) in [6.07, 6.45) is 7.18. The second-order valence-electron chi connectivity index (χ2n) is 8.81. The molecule has 1 amide bonds. The molecule has 31 heavy (non-hydrogen) atoms. The van der Waals surface area contributed by atoms with Crippen molar-refractivity contribution in [3.05, 3.63) is 58.7 Å². The van der Waals surface area contributed by atoms with Crippen LogP contribution in [0.15, 0.2) is 30.5 Å². The van der Waals surface area contributed by atoms with Crippen LogP contribution in [0, 0.1) is 19.7 Å². The molecule has 0 saturated carbocycles. The molecule has 2 aliphatic heterocycles. The SMILES string of the molecule is Cc1ccc(C(=O)N2CCCC[C@H]2c2cc3nc(N4CCCC4)c(C)cn3n2)c(F)c1. The molecule has 2 saturated heterocycles. The second-order valence-corrected chi connectivity index (χ2v) is 8.81. The number of aryl methyl sites for hydroxylation is 2. The van der Waals surface area contributed by atoms with E-state index in [4.69, 9.17) is 10.1 Å². The predicted molar refractivity (Wildman–Crippen MR) is 118 cm³/mol. The fraction of sp³-hybridized carbons (Fsp3) is 0.458. The third-order valence-electron chi connectivity index (χ3n) is 6.49. The fourth-order valence-electron chi connectivity index (χ4n) is 4.86. The molecule has 0 bridgehead atoms. The zero-order chi connectivity index (χ0) is 21.5. The molecule has 3 aromatic rings. The maximum atomic E-state index is 14.5. The van der Waals surface area contributed by atoms with Gasteiger partial charge in [-0.2, -0.15) is 5.10 Å². The van der Waals surface area contributed by atoms with Crippen LogP contribution in [-0.2, 0) is 0 Å². The van der Waals surface area contributed by atoms with Crippen LogP contribution in [0.4, 0.5) is 10.2 Å². The normalized spacial score (nSPS) is 19.4. The average molecular weight is 422 g/mol. The minimum Gasteiger partial charge on any atom is -0.356 e. The van der Waals surface area contributed by atoms with Crippen molar-refractivity contribution in [1.82, 2.24) is 19.5 Å². The minimum absolute atomic E-state index is 0.131. The lowest BCUT2D eigenvalue weighted by molar-refractivity contribution is 0.0601. The van der Waals surface area contributed by atoms with E-state index in [-0.39, 0.29) is 17.5 Å². The molecule has 0 N–H and O–H groups in total. The highest BCUT2D eigenvalue weighted by Gasteiger charge is 2.32. The Bertz CT molecular complexity index is 1130. The van der Waals surface area contributed by atoms with Crippen LogP contribution in [0.5, 0.6) is 0 Å². The first kappa shape index (κ1) is 20.0. The molecule has 2 fully saturated rings. The van der Waals surface area contributed by atoms with Gasteiger partial charge in [-0.25, -0.2) is 13.9 Å². The van der Waals surface area contributed by atoms with E-state index in [0.29, 0.717) is 6.54 Å². The summed E-state index contributed by atoms with van der Waals surface area (Å²) in [5.41, 5.74) is 3.65. The second kappa shape index (κ2) is 7.94. The summed E-state index contributed by atoms with van der Waals surface area (Å²) in [5, 5.41) is 4.78. The van der Waals surface area contributed by atoms with Gasteiger partial charge in [0.05, 0.1) is 17.3 Å². The summed E-state index contributed by atoms with van der Waals surface area (Å²) in [6.45, 7) is 6.58. The number of halogens is 1. The Hall–Kier alpha value is -2.96. The summed E-state index contributed by atoms with van der Waals surface area (Å²) < 4.78 is 16.3. The minimum atomic E-state index is -0.461. The smallest absolute Gasteiger partial charge is 0.257 e. The number of amides is 1. The summed E-state index contributed by atoms with van der Waals surface area (Å²) in [7, 11) is 0. The van der Waals surface area contributed by atoms with Gasteiger partial charge in [-0.15, -0.1) is 0 Å². The van der Waals surface area contributed by atoms with Crippen LogP contribution in [0.3, 0.4) is 0 Å². The monoisotopic (exact) mass is 421 g/mol. The van der Waals surface area contributed by atoms with Gasteiger partial charge in [-0.3, -0.25) is 4.79 Å². The van der Waals surface area contributed by atoms with Crippen LogP contribution in [0.25, 0.3) is 5.65 Å². The van der Waals surface area contributed by atoms with Crippen molar-refractivity contribution in [2.75, 3.05) is 24.5 Å². The maximum Gasteiger partial charge on any atom is 0.257 e. The molecule has 4 heterocycles. The van der Waals surface area contributed by atoms with Crippen molar-refractivity contribution in [3.8, 4) is 0 Å². The highest BCUT2D eigenvalue weighted by Crippen LogP contribution is 2.33. The van der Waals surface area contributed by atoms with Gasteiger partial charge in [-0.05, 0) is 63.6 Å². The highest BCUT2D eigenvalue weighted by molar-refractivity contribution is 5.95. The molecular weight excluding hydrogens is 393 g/mol. The molecule has 1 atom stereocenters. The molecule has 162 valence electrons. The van der Waals surface area contributed by atoms with E-state index in [0.717, 1.165) is 60.6 Å². The van der Waals surface area contributed by atoms with Crippen LogP contribution < -0.4 is 4.90 Å². The Morgan fingerprint density at radius 1 is 1.06 bits per heavy atom. The molecule has 1 aromatic carbocycles. The Morgan fingerprint density at radius 3 is 2.61 bits per heavy atom. The number of piperidine rings is 1. The topological polar surface area (TPSA) is 53.7 Å². The maximum absolute atomic E-state index is 14.5. The first-order chi connectivity index (χ1) is 15.0. The molecule has 5 rings (SSSR count). The zero-order valence-corrected chi connectivity index (χ0v) is 18.1. The van der Waals surface area contributed by atoms with E-state index in [9.17, 15) is 9.18 Å². The molecule has 2 aromatic heterocycles. The van der Waals surface area contributed by atoms with E-state index in [2.05, 4.69) is 11.8 Å². The Labute approximate surface area is 181 Å². The summed E-state index contributed by atoms with van der Waals surface area (Å²) in [4.78, 5) is 22.2. The number of nitrogens with zero attached hydrogens (tertiary/aromatic N) is 5. The van der Waals surface area contributed by atoms with E-state index >= 15 is 0 Å². The highest BCUT2D eigenvalue weighted by atomic mass is 19.1. The quantitative estimate of drug-likeness (QED) is 0.627. The van der Waals surface area contributed by atoms with E-state index < -0.39 is 5.82 Å². The first-order valence-electron chi connectivity index (χ1n) is 11.2. The zero-order valence-electron chi connectivity index (χ0n) is 18.1. The van der Waals surface area contributed by atoms with Gasteiger partial charge in [0.25, 0.3) is 5.91 Å². The van der Waals surface area contributed by atoms with Crippen LogP contribution in [0.2, 0.25) is 0 Å². The Kier molecular flexibility index (Phi) is 5.12. The number of carbonyl (C=O) groups is 1. The molecule has 6 nitrogen and oxygen atoms in total. The Balaban J connectivity index is 1.49. The van der Waals surface area contributed by atoms with Crippen LogP contribution in [0.1, 0.15) is 65.3 Å². The summed E-state index contributed by atoms with van der Waals surface area (Å²) in [6, 6.07) is 6.62. The number of hydrogen-bond acceptors (Lipinski definition) is 4.